The second-order valence-corrected chi connectivity index (χ2v) is 5.30. The van der Waals surface area contributed by atoms with Crippen LogP contribution in [0, 0.1) is 11.8 Å². The van der Waals surface area contributed by atoms with Crippen LogP contribution in [0.15, 0.2) is 12.2 Å². The smallest absolute Gasteiger partial charge is 0.331 e. The van der Waals surface area contributed by atoms with E-state index in [1.807, 2.05) is 0 Å². The lowest BCUT2D eigenvalue weighted by Crippen LogP contribution is -2.25. The molecule has 0 aromatic heterocycles. The van der Waals surface area contributed by atoms with Crippen LogP contribution < -0.4 is 0 Å². The molecule has 0 saturated heterocycles. The van der Waals surface area contributed by atoms with E-state index in [1.54, 1.807) is 6.92 Å². The van der Waals surface area contributed by atoms with Gasteiger partial charge in [0.1, 0.15) is 6.10 Å². The van der Waals surface area contributed by atoms with Crippen molar-refractivity contribution in [3.05, 3.63) is 12.2 Å². The third-order valence-electron chi connectivity index (χ3n) is 3.59. The third kappa shape index (κ3) is 5.90. The van der Waals surface area contributed by atoms with Crippen LogP contribution in [0.3, 0.4) is 0 Å². The van der Waals surface area contributed by atoms with E-state index >= 15 is 0 Å². The molecule has 0 heterocycles. The van der Waals surface area contributed by atoms with Crippen molar-refractivity contribution in [2.75, 3.05) is 6.61 Å². The van der Waals surface area contributed by atoms with Crippen molar-refractivity contribution >= 4 is 11.9 Å². The Hall–Kier alpha value is -1.32. The fourth-order valence-electron chi connectivity index (χ4n) is 2.40. The van der Waals surface area contributed by atoms with E-state index in [9.17, 15) is 9.59 Å². The summed E-state index contributed by atoms with van der Waals surface area (Å²) in [7, 11) is 0. The summed E-state index contributed by atoms with van der Waals surface area (Å²) in [5.41, 5.74) is 0. The van der Waals surface area contributed by atoms with Crippen molar-refractivity contribution < 1.29 is 19.1 Å². The maximum Gasteiger partial charge on any atom is 0.331 e. The van der Waals surface area contributed by atoms with E-state index in [0.29, 0.717) is 12.5 Å². The second kappa shape index (κ2) is 7.97. The number of carbonyl (C=O) groups is 2. The van der Waals surface area contributed by atoms with E-state index in [-0.39, 0.29) is 6.10 Å². The van der Waals surface area contributed by atoms with Crippen molar-refractivity contribution in [2.45, 2.75) is 52.6 Å². The molecule has 108 valence electrons. The standard InChI is InChI=1S/C15H24O4/c1-4-18-14(16)9-10-15(17)19-13-7-5-12(6-8-13)11(2)3/h9-13H,4-8H2,1-3H3/b10-9+. The first-order valence-corrected chi connectivity index (χ1v) is 7.08. The van der Waals surface area contributed by atoms with Gasteiger partial charge in [0.05, 0.1) is 6.61 Å². The van der Waals surface area contributed by atoms with Crippen molar-refractivity contribution in [3.8, 4) is 0 Å². The highest BCUT2D eigenvalue weighted by Crippen LogP contribution is 2.31. The first-order valence-electron chi connectivity index (χ1n) is 7.08. The molecule has 0 aromatic carbocycles. The van der Waals surface area contributed by atoms with Crippen LogP contribution in [0.4, 0.5) is 0 Å². The summed E-state index contributed by atoms with van der Waals surface area (Å²) < 4.78 is 10.0. The molecule has 0 aromatic rings. The molecule has 1 rings (SSSR count). The summed E-state index contributed by atoms with van der Waals surface area (Å²) in [6.07, 6.45) is 6.31. The lowest BCUT2D eigenvalue weighted by atomic mass is 9.80. The van der Waals surface area contributed by atoms with Gasteiger partial charge in [0, 0.05) is 12.2 Å². The quantitative estimate of drug-likeness (QED) is 0.568. The summed E-state index contributed by atoms with van der Waals surface area (Å²) in [6, 6.07) is 0. The fourth-order valence-corrected chi connectivity index (χ4v) is 2.40. The third-order valence-corrected chi connectivity index (χ3v) is 3.59. The van der Waals surface area contributed by atoms with Gasteiger partial charge in [-0.15, -0.1) is 0 Å². The van der Waals surface area contributed by atoms with E-state index in [0.717, 1.165) is 43.8 Å². The first kappa shape index (κ1) is 15.7. The van der Waals surface area contributed by atoms with Crippen LogP contribution in [0.25, 0.3) is 0 Å². The Bertz CT molecular complexity index is 325. The van der Waals surface area contributed by atoms with Crippen LogP contribution >= 0.6 is 0 Å². The van der Waals surface area contributed by atoms with E-state index in [2.05, 4.69) is 18.6 Å². The second-order valence-electron chi connectivity index (χ2n) is 5.30. The molecule has 4 nitrogen and oxygen atoms in total. The molecule has 4 heteroatoms. The molecule has 1 aliphatic rings. The topological polar surface area (TPSA) is 52.6 Å². The van der Waals surface area contributed by atoms with Gasteiger partial charge in [-0.3, -0.25) is 0 Å². The molecule has 0 radical (unpaired) electrons. The summed E-state index contributed by atoms with van der Waals surface area (Å²) in [4.78, 5) is 22.6. The molecule has 1 fully saturated rings. The zero-order valence-electron chi connectivity index (χ0n) is 12.1. The van der Waals surface area contributed by atoms with Crippen LogP contribution in [-0.2, 0) is 19.1 Å². The van der Waals surface area contributed by atoms with Gasteiger partial charge in [0.2, 0.25) is 0 Å². The number of ether oxygens (including phenoxy) is 2. The normalized spacial score (nSPS) is 23.6. The van der Waals surface area contributed by atoms with E-state index in [4.69, 9.17) is 4.74 Å². The first-order chi connectivity index (χ1) is 9.02. The van der Waals surface area contributed by atoms with Gasteiger partial charge in [0.25, 0.3) is 0 Å². The average Bonchev–Trinajstić information content (AvgIpc) is 2.37. The lowest BCUT2D eigenvalue weighted by molar-refractivity contribution is -0.145. The van der Waals surface area contributed by atoms with Gasteiger partial charge >= 0.3 is 11.9 Å². The van der Waals surface area contributed by atoms with Crippen molar-refractivity contribution in [1.82, 2.24) is 0 Å². The minimum absolute atomic E-state index is 0.00524. The van der Waals surface area contributed by atoms with Crippen LogP contribution in [-0.4, -0.2) is 24.6 Å². The summed E-state index contributed by atoms with van der Waals surface area (Å²) in [5, 5.41) is 0. The van der Waals surface area contributed by atoms with Crippen molar-refractivity contribution in [2.24, 2.45) is 11.8 Å². The average molecular weight is 268 g/mol. The summed E-state index contributed by atoms with van der Waals surface area (Å²) >= 11 is 0. The Morgan fingerprint density at radius 3 is 2.21 bits per heavy atom. The van der Waals surface area contributed by atoms with Crippen LogP contribution in [0.1, 0.15) is 46.5 Å². The van der Waals surface area contributed by atoms with Crippen molar-refractivity contribution in [1.29, 1.82) is 0 Å². The number of hydrogen-bond donors (Lipinski definition) is 0. The predicted molar refractivity (Wildman–Crippen MR) is 72.4 cm³/mol. The van der Waals surface area contributed by atoms with Gasteiger partial charge in [-0.2, -0.15) is 0 Å². The molecule has 0 aliphatic heterocycles. The molecular formula is C15H24O4. The highest BCUT2D eigenvalue weighted by Gasteiger charge is 2.25. The van der Waals surface area contributed by atoms with Crippen molar-refractivity contribution in [3.63, 3.8) is 0 Å². The number of carbonyl (C=O) groups excluding carboxylic acids is 2. The zero-order chi connectivity index (χ0) is 14.3. The van der Waals surface area contributed by atoms with Gasteiger partial charge in [-0.05, 0) is 44.4 Å². The Morgan fingerprint density at radius 2 is 1.68 bits per heavy atom. The van der Waals surface area contributed by atoms with Gasteiger partial charge < -0.3 is 9.47 Å². The molecule has 0 atom stereocenters. The van der Waals surface area contributed by atoms with Crippen LogP contribution in [0.2, 0.25) is 0 Å². The maximum atomic E-state index is 11.5. The molecule has 1 saturated carbocycles. The molecule has 1 aliphatic carbocycles. The number of rotatable bonds is 5. The van der Waals surface area contributed by atoms with Gasteiger partial charge in [-0.25, -0.2) is 9.59 Å². The largest absolute Gasteiger partial charge is 0.463 e. The zero-order valence-corrected chi connectivity index (χ0v) is 12.1. The molecule has 0 N–H and O–H groups in total. The van der Waals surface area contributed by atoms with E-state index in [1.165, 1.54) is 0 Å². The van der Waals surface area contributed by atoms with E-state index < -0.39 is 11.9 Å². The number of esters is 2. The minimum Gasteiger partial charge on any atom is -0.463 e. The molecule has 0 unspecified atom stereocenters. The van der Waals surface area contributed by atoms with Crippen LogP contribution in [0.5, 0.6) is 0 Å². The molecular weight excluding hydrogens is 244 g/mol. The van der Waals surface area contributed by atoms with Gasteiger partial charge in [-0.1, -0.05) is 13.8 Å². The fraction of sp³-hybridized carbons (Fsp3) is 0.733. The molecule has 19 heavy (non-hydrogen) atoms. The maximum absolute atomic E-state index is 11.5. The summed E-state index contributed by atoms with van der Waals surface area (Å²) in [5.74, 6) is 0.467. The highest BCUT2D eigenvalue weighted by molar-refractivity contribution is 5.91. The monoisotopic (exact) mass is 268 g/mol. The molecule has 0 bridgehead atoms. The Morgan fingerprint density at radius 1 is 1.11 bits per heavy atom. The SMILES string of the molecule is CCOC(=O)/C=C/C(=O)OC1CCC(C(C)C)CC1. The highest BCUT2D eigenvalue weighted by atomic mass is 16.5. The summed E-state index contributed by atoms with van der Waals surface area (Å²) in [6.45, 7) is 6.49. The number of hydrogen-bond acceptors (Lipinski definition) is 4. The van der Waals surface area contributed by atoms with Gasteiger partial charge in [0.15, 0.2) is 0 Å². The Balaban J connectivity index is 2.29. The molecule has 0 amide bonds. The molecule has 0 spiro atoms. The minimum atomic E-state index is -0.511. The predicted octanol–water partition coefficient (Wildman–Crippen LogP) is 2.86. The lowest BCUT2D eigenvalue weighted by Gasteiger charge is -2.30. The Kier molecular flexibility index (Phi) is 6.60. The Labute approximate surface area is 115 Å².